The normalized spacial score (nSPS) is 10.7. The summed E-state index contributed by atoms with van der Waals surface area (Å²) >= 11 is 5.35. The molecule has 0 aliphatic heterocycles. The Balaban J connectivity index is 1.26. The number of amides is 1. The number of carbonyl (C=O) groups is 2. The molecule has 7 heteroatoms. The van der Waals surface area contributed by atoms with Crippen LogP contribution in [0, 0.1) is 6.92 Å². The molecule has 176 valence electrons. The molecule has 0 radical (unpaired) electrons. The first-order valence-corrected chi connectivity index (χ1v) is 11.8. The fourth-order valence-corrected chi connectivity index (χ4v) is 4.26. The first-order chi connectivity index (χ1) is 17.5. The molecule has 1 amide bonds. The summed E-state index contributed by atoms with van der Waals surface area (Å²) in [5, 5.41) is 5.91. The molecule has 1 aromatic heterocycles. The number of carbonyl (C=O) groups excluding carboxylic acids is 2. The van der Waals surface area contributed by atoms with Crippen molar-refractivity contribution in [3.05, 3.63) is 126 Å². The fourth-order valence-electron chi connectivity index (χ4n) is 4.05. The number of anilines is 1. The molecule has 6 nitrogen and oxygen atoms in total. The van der Waals surface area contributed by atoms with E-state index < -0.39 is 0 Å². The third-order valence-electron chi connectivity index (χ3n) is 5.77. The standard InChI is InChI=1S/C29H22N4O2S/c1-19-30-25-18-23(16-17-26(25)33(19)24-10-6-3-7-11-24)31-29(36)32-28(35)22-14-12-21(13-15-22)27(34)20-8-4-2-5-9-20/h2-18H,1H3,(H2,31,32,35,36). The Morgan fingerprint density at radius 1 is 0.778 bits per heavy atom. The van der Waals surface area contributed by atoms with Crippen molar-refractivity contribution < 1.29 is 9.59 Å². The molecule has 36 heavy (non-hydrogen) atoms. The number of aryl methyl sites for hydroxylation is 1. The van der Waals surface area contributed by atoms with E-state index in [9.17, 15) is 9.59 Å². The molecular weight excluding hydrogens is 468 g/mol. The van der Waals surface area contributed by atoms with E-state index in [1.807, 2.05) is 73.7 Å². The summed E-state index contributed by atoms with van der Waals surface area (Å²) in [6.07, 6.45) is 0. The number of nitrogens with one attached hydrogen (secondary N) is 2. The zero-order chi connectivity index (χ0) is 25.1. The minimum absolute atomic E-state index is 0.0971. The molecule has 0 aliphatic carbocycles. The second kappa shape index (κ2) is 9.93. The molecule has 5 rings (SSSR count). The van der Waals surface area contributed by atoms with Crippen LogP contribution in [-0.4, -0.2) is 26.4 Å². The van der Waals surface area contributed by atoms with E-state index >= 15 is 0 Å². The van der Waals surface area contributed by atoms with E-state index in [1.54, 1.807) is 36.4 Å². The molecule has 0 unspecified atom stereocenters. The lowest BCUT2D eigenvalue weighted by Crippen LogP contribution is -2.34. The second-order valence-corrected chi connectivity index (χ2v) is 8.62. The first-order valence-electron chi connectivity index (χ1n) is 11.4. The molecule has 2 N–H and O–H groups in total. The van der Waals surface area contributed by atoms with Crippen molar-refractivity contribution in [2.75, 3.05) is 5.32 Å². The number of hydrogen-bond acceptors (Lipinski definition) is 4. The van der Waals surface area contributed by atoms with Crippen molar-refractivity contribution in [2.24, 2.45) is 0 Å². The first kappa shape index (κ1) is 23.1. The monoisotopic (exact) mass is 490 g/mol. The summed E-state index contributed by atoms with van der Waals surface area (Å²) in [7, 11) is 0. The number of thiocarbonyl (C=S) groups is 1. The van der Waals surface area contributed by atoms with Crippen molar-refractivity contribution in [1.82, 2.24) is 14.9 Å². The number of hydrogen-bond donors (Lipinski definition) is 2. The van der Waals surface area contributed by atoms with E-state index in [1.165, 1.54) is 0 Å². The van der Waals surface area contributed by atoms with Crippen LogP contribution in [0.3, 0.4) is 0 Å². The predicted molar refractivity (Wildman–Crippen MR) is 146 cm³/mol. The number of imidazole rings is 1. The van der Waals surface area contributed by atoms with Crippen LogP contribution in [0.25, 0.3) is 16.7 Å². The molecule has 0 spiro atoms. The van der Waals surface area contributed by atoms with E-state index in [-0.39, 0.29) is 16.8 Å². The molecule has 0 aliphatic rings. The van der Waals surface area contributed by atoms with E-state index in [4.69, 9.17) is 12.2 Å². The molecule has 1 heterocycles. The highest BCUT2D eigenvalue weighted by Crippen LogP contribution is 2.24. The Labute approximate surface area is 213 Å². The minimum Gasteiger partial charge on any atom is -0.332 e. The van der Waals surface area contributed by atoms with Gasteiger partial charge < -0.3 is 5.32 Å². The number of nitrogens with zero attached hydrogens (tertiary/aromatic N) is 2. The van der Waals surface area contributed by atoms with Crippen LogP contribution < -0.4 is 10.6 Å². The molecular formula is C29H22N4O2S. The number of ketones is 1. The second-order valence-electron chi connectivity index (χ2n) is 8.21. The van der Waals surface area contributed by atoms with Crippen molar-refractivity contribution in [2.45, 2.75) is 6.92 Å². The quantitative estimate of drug-likeness (QED) is 0.244. The van der Waals surface area contributed by atoms with Gasteiger partial charge in [0, 0.05) is 28.1 Å². The van der Waals surface area contributed by atoms with Crippen LogP contribution in [0.4, 0.5) is 5.69 Å². The maximum Gasteiger partial charge on any atom is 0.257 e. The van der Waals surface area contributed by atoms with Crippen molar-refractivity contribution in [3.63, 3.8) is 0 Å². The van der Waals surface area contributed by atoms with Crippen LogP contribution in [0.1, 0.15) is 32.1 Å². The topological polar surface area (TPSA) is 76.0 Å². The Morgan fingerprint density at radius 2 is 1.39 bits per heavy atom. The lowest BCUT2D eigenvalue weighted by atomic mass is 10.0. The molecule has 0 saturated carbocycles. The molecule has 0 saturated heterocycles. The van der Waals surface area contributed by atoms with Crippen LogP contribution in [0.15, 0.2) is 103 Å². The van der Waals surface area contributed by atoms with Gasteiger partial charge in [-0.2, -0.15) is 0 Å². The van der Waals surface area contributed by atoms with Crippen molar-refractivity contribution in [3.8, 4) is 5.69 Å². The lowest BCUT2D eigenvalue weighted by Gasteiger charge is -2.11. The lowest BCUT2D eigenvalue weighted by molar-refractivity contribution is 0.0975. The van der Waals surface area contributed by atoms with Crippen LogP contribution >= 0.6 is 12.2 Å². The van der Waals surface area contributed by atoms with Gasteiger partial charge in [0.2, 0.25) is 0 Å². The highest BCUT2D eigenvalue weighted by Gasteiger charge is 2.13. The van der Waals surface area contributed by atoms with Crippen LogP contribution in [0.5, 0.6) is 0 Å². The molecule has 5 aromatic rings. The van der Waals surface area contributed by atoms with Crippen LogP contribution in [-0.2, 0) is 0 Å². The Bertz CT molecular complexity index is 1580. The number of benzene rings is 4. The van der Waals surface area contributed by atoms with Gasteiger partial charge in [-0.25, -0.2) is 4.98 Å². The minimum atomic E-state index is -0.364. The van der Waals surface area contributed by atoms with Gasteiger partial charge in [-0.05, 0) is 61.6 Å². The average molecular weight is 491 g/mol. The van der Waals surface area contributed by atoms with Gasteiger partial charge in [0.05, 0.1) is 11.0 Å². The molecule has 0 bridgehead atoms. The Kier molecular flexibility index (Phi) is 6.38. The third kappa shape index (κ3) is 4.78. The number of para-hydroxylation sites is 1. The van der Waals surface area contributed by atoms with Gasteiger partial charge in [-0.15, -0.1) is 0 Å². The highest BCUT2D eigenvalue weighted by atomic mass is 32.1. The molecule has 4 aromatic carbocycles. The average Bonchev–Trinajstić information content (AvgIpc) is 3.24. The SMILES string of the molecule is Cc1nc2cc(NC(=S)NC(=O)c3ccc(C(=O)c4ccccc4)cc3)ccc2n1-c1ccccc1. The zero-order valence-corrected chi connectivity index (χ0v) is 20.3. The van der Waals surface area contributed by atoms with Gasteiger partial charge >= 0.3 is 0 Å². The number of aromatic nitrogens is 2. The zero-order valence-electron chi connectivity index (χ0n) is 19.4. The van der Waals surface area contributed by atoms with E-state index in [2.05, 4.69) is 20.2 Å². The summed E-state index contributed by atoms with van der Waals surface area (Å²) in [6, 6.07) is 31.3. The maximum absolute atomic E-state index is 12.7. The van der Waals surface area contributed by atoms with Gasteiger partial charge in [0.15, 0.2) is 10.9 Å². The smallest absolute Gasteiger partial charge is 0.257 e. The third-order valence-corrected chi connectivity index (χ3v) is 5.97. The number of rotatable bonds is 5. The highest BCUT2D eigenvalue weighted by molar-refractivity contribution is 7.80. The summed E-state index contributed by atoms with van der Waals surface area (Å²) < 4.78 is 2.09. The Hall–Kier alpha value is -4.62. The fraction of sp³-hybridized carbons (Fsp3) is 0.0345. The van der Waals surface area contributed by atoms with Gasteiger partial charge in [0.1, 0.15) is 5.82 Å². The largest absolute Gasteiger partial charge is 0.332 e. The van der Waals surface area contributed by atoms with E-state index in [0.717, 1.165) is 22.5 Å². The summed E-state index contributed by atoms with van der Waals surface area (Å²) in [6.45, 7) is 1.96. The van der Waals surface area contributed by atoms with Crippen molar-refractivity contribution >= 4 is 45.7 Å². The van der Waals surface area contributed by atoms with Gasteiger partial charge in [-0.3, -0.25) is 19.5 Å². The summed E-state index contributed by atoms with van der Waals surface area (Å²) in [4.78, 5) is 29.9. The molecule has 0 atom stereocenters. The Morgan fingerprint density at radius 3 is 2.08 bits per heavy atom. The van der Waals surface area contributed by atoms with Gasteiger partial charge in [-0.1, -0.05) is 60.7 Å². The van der Waals surface area contributed by atoms with Crippen molar-refractivity contribution in [1.29, 1.82) is 0 Å². The molecule has 0 fully saturated rings. The maximum atomic E-state index is 12.7. The van der Waals surface area contributed by atoms with E-state index in [0.29, 0.717) is 22.4 Å². The van der Waals surface area contributed by atoms with Crippen LogP contribution in [0.2, 0.25) is 0 Å². The number of fused-ring (bicyclic) bond motifs is 1. The predicted octanol–water partition coefficient (Wildman–Crippen LogP) is 5.69. The summed E-state index contributed by atoms with van der Waals surface area (Å²) in [5.41, 5.74) is 5.06. The van der Waals surface area contributed by atoms with Gasteiger partial charge in [0.25, 0.3) is 5.91 Å². The summed E-state index contributed by atoms with van der Waals surface area (Å²) in [5.74, 6) is 0.412.